The Hall–Kier alpha value is -1.36. The number of carbonyl (C=O) groups excluding carboxylic acids is 1. The highest BCUT2D eigenvalue weighted by Gasteiger charge is 2.28. The van der Waals surface area contributed by atoms with Gasteiger partial charge >= 0.3 is 6.18 Å². The van der Waals surface area contributed by atoms with Crippen LogP contribution in [0, 0.1) is 3.57 Å². The largest absolute Gasteiger partial charge is 0.405 e. The van der Waals surface area contributed by atoms with E-state index in [9.17, 15) is 18.0 Å². The minimum Gasteiger partial charge on any atom is -0.366 e. The molecular weight excluding hydrogens is 418 g/mol. The average Bonchev–Trinajstić information content (AvgIpc) is 2.80. The van der Waals surface area contributed by atoms with Crippen molar-refractivity contribution in [3.63, 3.8) is 0 Å². The van der Waals surface area contributed by atoms with Crippen LogP contribution in [0.3, 0.4) is 0 Å². The lowest BCUT2D eigenvalue weighted by molar-refractivity contribution is -0.115. The van der Waals surface area contributed by atoms with E-state index >= 15 is 0 Å². The number of carbonyl (C=O) groups is 1. The second-order valence-electron chi connectivity index (χ2n) is 4.04. The first-order chi connectivity index (χ1) is 9.76. The minimum atomic E-state index is -4.39. The number of alkyl halides is 3. The van der Waals surface area contributed by atoms with E-state index in [1.165, 1.54) is 0 Å². The highest BCUT2D eigenvalue weighted by atomic mass is 127. The maximum absolute atomic E-state index is 12.3. The Kier molecular flexibility index (Phi) is 4.71. The van der Waals surface area contributed by atoms with E-state index in [1.54, 1.807) is 12.1 Å². The number of nitrogens with zero attached hydrogens (tertiary/aromatic N) is 1. The standard InChI is InChI=1S/C12H9F3IN3OS/c13-12(14,15)5-18-11-8(9(17)20)19-10(21-11)6-2-1-3-7(16)4-6/h1-4,18H,5H2,(H2,17,20). The summed E-state index contributed by atoms with van der Waals surface area (Å²) in [7, 11) is 0. The van der Waals surface area contributed by atoms with Crippen molar-refractivity contribution in [3.8, 4) is 10.6 Å². The third kappa shape index (κ3) is 4.30. The zero-order valence-corrected chi connectivity index (χ0v) is 13.3. The fourth-order valence-corrected chi connectivity index (χ4v) is 3.04. The summed E-state index contributed by atoms with van der Waals surface area (Å²) in [6, 6.07) is 7.25. The molecule has 1 aromatic carbocycles. The summed E-state index contributed by atoms with van der Waals surface area (Å²) >= 11 is 3.07. The lowest BCUT2D eigenvalue weighted by Crippen LogP contribution is -2.22. The molecule has 1 heterocycles. The number of nitrogens with one attached hydrogen (secondary N) is 1. The van der Waals surface area contributed by atoms with E-state index in [4.69, 9.17) is 5.73 Å². The molecule has 0 aliphatic heterocycles. The van der Waals surface area contributed by atoms with Gasteiger partial charge in [-0.15, -0.1) is 0 Å². The summed E-state index contributed by atoms with van der Waals surface area (Å²) in [6.45, 7) is -1.25. The number of hydrogen-bond donors (Lipinski definition) is 2. The molecule has 21 heavy (non-hydrogen) atoms. The Balaban J connectivity index is 2.35. The van der Waals surface area contributed by atoms with Crippen molar-refractivity contribution < 1.29 is 18.0 Å². The van der Waals surface area contributed by atoms with Crippen LogP contribution in [-0.4, -0.2) is 23.6 Å². The number of halogens is 4. The molecule has 0 fully saturated rings. The van der Waals surface area contributed by atoms with Crippen molar-refractivity contribution >= 4 is 44.8 Å². The van der Waals surface area contributed by atoms with Gasteiger partial charge in [-0.1, -0.05) is 23.5 Å². The predicted octanol–water partition coefficient (Wildman–Crippen LogP) is 3.49. The van der Waals surface area contributed by atoms with Crippen LogP contribution < -0.4 is 11.1 Å². The minimum absolute atomic E-state index is 0.0219. The Morgan fingerprint density at radius 2 is 2.14 bits per heavy atom. The molecule has 112 valence electrons. The Bertz CT molecular complexity index is 672. The first-order valence-electron chi connectivity index (χ1n) is 5.63. The molecule has 1 aromatic heterocycles. The summed E-state index contributed by atoms with van der Waals surface area (Å²) in [5, 5.41) is 2.63. The van der Waals surface area contributed by atoms with Crippen molar-refractivity contribution in [2.45, 2.75) is 6.18 Å². The molecule has 9 heteroatoms. The van der Waals surface area contributed by atoms with Gasteiger partial charge in [-0.3, -0.25) is 4.79 Å². The summed E-state index contributed by atoms with van der Waals surface area (Å²) in [5.74, 6) is -0.868. The number of anilines is 1. The molecule has 0 saturated heterocycles. The first-order valence-corrected chi connectivity index (χ1v) is 7.53. The summed E-state index contributed by atoms with van der Waals surface area (Å²) in [5.41, 5.74) is 5.69. The van der Waals surface area contributed by atoms with Gasteiger partial charge in [0, 0.05) is 9.13 Å². The van der Waals surface area contributed by atoms with Gasteiger partial charge in [0.2, 0.25) is 0 Å². The van der Waals surface area contributed by atoms with Crippen LogP contribution in [0.1, 0.15) is 10.5 Å². The van der Waals surface area contributed by atoms with E-state index in [-0.39, 0.29) is 10.7 Å². The Labute approximate surface area is 135 Å². The Morgan fingerprint density at radius 1 is 1.43 bits per heavy atom. The van der Waals surface area contributed by atoms with Gasteiger partial charge in [0.25, 0.3) is 5.91 Å². The fourth-order valence-electron chi connectivity index (χ4n) is 1.53. The second kappa shape index (κ2) is 6.18. The van der Waals surface area contributed by atoms with Crippen molar-refractivity contribution in [1.29, 1.82) is 0 Å². The van der Waals surface area contributed by atoms with Gasteiger partial charge in [0.1, 0.15) is 16.6 Å². The van der Waals surface area contributed by atoms with E-state index in [1.807, 2.05) is 12.1 Å². The second-order valence-corrected chi connectivity index (χ2v) is 6.28. The SMILES string of the molecule is NC(=O)c1nc(-c2cccc(I)c2)sc1NCC(F)(F)F. The predicted molar refractivity (Wildman–Crippen MR) is 83.3 cm³/mol. The topological polar surface area (TPSA) is 68.0 Å². The smallest absolute Gasteiger partial charge is 0.366 e. The molecule has 1 amide bonds. The van der Waals surface area contributed by atoms with Crippen LogP contribution in [0.4, 0.5) is 18.2 Å². The quantitative estimate of drug-likeness (QED) is 0.735. The van der Waals surface area contributed by atoms with Crippen LogP contribution in [0.2, 0.25) is 0 Å². The zero-order chi connectivity index (χ0) is 15.6. The third-order valence-electron chi connectivity index (χ3n) is 2.38. The molecule has 3 N–H and O–H groups in total. The third-order valence-corrected chi connectivity index (χ3v) is 4.11. The number of aromatic nitrogens is 1. The molecule has 0 aliphatic carbocycles. The zero-order valence-electron chi connectivity index (χ0n) is 10.4. The maximum Gasteiger partial charge on any atom is 0.405 e. The van der Waals surface area contributed by atoms with Crippen LogP contribution in [0.15, 0.2) is 24.3 Å². The molecule has 0 aliphatic rings. The number of primary amides is 1. The molecule has 4 nitrogen and oxygen atoms in total. The van der Waals surface area contributed by atoms with E-state index in [2.05, 4.69) is 32.9 Å². The van der Waals surface area contributed by atoms with Gasteiger partial charge in [0.05, 0.1) is 0 Å². The number of amides is 1. The summed E-state index contributed by atoms with van der Waals surface area (Å²) in [6.07, 6.45) is -4.39. The molecule has 2 rings (SSSR count). The maximum atomic E-state index is 12.3. The van der Waals surface area contributed by atoms with Crippen LogP contribution in [-0.2, 0) is 0 Å². The van der Waals surface area contributed by atoms with Gasteiger partial charge in [-0.25, -0.2) is 4.98 Å². The summed E-state index contributed by atoms with van der Waals surface area (Å²) < 4.78 is 37.7. The van der Waals surface area contributed by atoms with Crippen molar-refractivity contribution in [2.24, 2.45) is 5.73 Å². The first kappa shape index (κ1) is 16.0. The fraction of sp³-hybridized carbons (Fsp3) is 0.167. The molecule has 0 atom stereocenters. The Morgan fingerprint density at radius 3 is 2.71 bits per heavy atom. The number of nitrogens with two attached hydrogens (primary N) is 1. The molecule has 0 unspecified atom stereocenters. The highest BCUT2D eigenvalue weighted by molar-refractivity contribution is 14.1. The number of rotatable bonds is 4. The van der Waals surface area contributed by atoms with Crippen molar-refractivity contribution in [1.82, 2.24) is 4.98 Å². The van der Waals surface area contributed by atoms with Crippen LogP contribution >= 0.6 is 33.9 Å². The van der Waals surface area contributed by atoms with Crippen molar-refractivity contribution in [3.05, 3.63) is 33.5 Å². The number of hydrogen-bond acceptors (Lipinski definition) is 4. The van der Waals surface area contributed by atoms with Gasteiger partial charge in [0.15, 0.2) is 5.69 Å². The van der Waals surface area contributed by atoms with Gasteiger partial charge in [-0.2, -0.15) is 13.2 Å². The average molecular weight is 427 g/mol. The molecule has 0 saturated carbocycles. The summed E-state index contributed by atoms with van der Waals surface area (Å²) in [4.78, 5) is 15.3. The monoisotopic (exact) mass is 427 g/mol. The van der Waals surface area contributed by atoms with E-state index in [0.717, 1.165) is 20.5 Å². The highest BCUT2D eigenvalue weighted by Crippen LogP contribution is 2.33. The van der Waals surface area contributed by atoms with Crippen LogP contribution in [0.5, 0.6) is 0 Å². The molecule has 0 bridgehead atoms. The lowest BCUT2D eigenvalue weighted by Gasteiger charge is -2.07. The van der Waals surface area contributed by atoms with Crippen molar-refractivity contribution in [2.75, 3.05) is 11.9 Å². The van der Waals surface area contributed by atoms with E-state index < -0.39 is 18.6 Å². The normalized spacial score (nSPS) is 11.4. The molecule has 0 radical (unpaired) electrons. The lowest BCUT2D eigenvalue weighted by atomic mass is 10.2. The number of benzene rings is 1. The molecule has 2 aromatic rings. The van der Waals surface area contributed by atoms with Crippen LogP contribution in [0.25, 0.3) is 10.6 Å². The van der Waals surface area contributed by atoms with E-state index in [0.29, 0.717) is 5.01 Å². The molecular formula is C12H9F3IN3OS. The number of thiazole rings is 1. The van der Waals surface area contributed by atoms with Gasteiger partial charge < -0.3 is 11.1 Å². The van der Waals surface area contributed by atoms with Gasteiger partial charge in [-0.05, 0) is 34.7 Å². The molecule has 0 spiro atoms.